The van der Waals surface area contributed by atoms with Gasteiger partial charge in [0.05, 0.1) is 0 Å². The molecule has 0 unspecified atom stereocenters. The van der Waals surface area contributed by atoms with Gasteiger partial charge in [0.2, 0.25) is 0 Å². The number of amides is 4. The van der Waals surface area contributed by atoms with Gasteiger partial charge in [0.25, 0.3) is 11.8 Å². The van der Waals surface area contributed by atoms with Crippen LogP contribution in [0.15, 0.2) is 30.3 Å². The van der Waals surface area contributed by atoms with E-state index in [-0.39, 0.29) is 18.5 Å². The zero-order valence-corrected chi connectivity index (χ0v) is 15.8. The van der Waals surface area contributed by atoms with E-state index in [1.807, 2.05) is 49.3 Å². The van der Waals surface area contributed by atoms with E-state index in [4.69, 9.17) is 0 Å². The summed E-state index contributed by atoms with van der Waals surface area (Å²) in [6.07, 6.45) is 4.76. The van der Waals surface area contributed by atoms with Crippen LogP contribution in [0.3, 0.4) is 0 Å². The molecule has 1 aliphatic heterocycles. The van der Waals surface area contributed by atoms with Crippen molar-refractivity contribution in [2.45, 2.75) is 43.6 Å². The van der Waals surface area contributed by atoms with Crippen molar-refractivity contribution in [2.75, 3.05) is 27.7 Å². The fourth-order valence-corrected chi connectivity index (χ4v) is 4.25. The molecule has 6 heteroatoms. The molecule has 2 aliphatic rings. The molecule has 0 aromatic heterocycles. The highest BCUT2D eigenvalue weighted by atomic mass is 16.2. The highest BCUT2D eigenvalue weighted by Gasteiger charge is 2.58. The lowest BCUT2D eigenvalue weighted by Crippen LogP contribution is -2.70. The molecule has 3 rings (SSSR count). The third-order valence-corrected chi connectivity index (χ3v) is 5.51. The van der Waals surface area contributed by atoms with Crippen LogP contribution in [0.5, 0.6) is 0 Å². The van der Waals surface area contributed by atoms with E-state index in [9.17, 15) is 14.4 Å². The molecule has 26 heavy (non-hydrogen) atoms. The van der Waals surface area contributed by atoms with Gasteiger partial charge in [-0.1, -0.05) is 49.6 Å². The fourth-order valence-electron chi connectivity index (χ4n) is 4.25. The summed E-state index contributed by atoms with van der Waals surface area (Å²) in [5, 5.41) is 0. The van der Waals surface area contributed by atoms with Crippen molar-refractivity contribution >= 4 is 17.8 Å². The summed E-state index contributed by atoms with van der Waals surface area (Å²) in [5.41, 5.74) is -0.742. The quantitative estimate of drug-likeness (QED) is 0.776. The highest BCUT2D eigenvalue weighted by molar-refractivity contribution is 6.23. The summed E-state index contributed by atoms with van der Waals surface area (Å²) in [6.45, 7) is 0.232. The lowest BCUT2D eigenvalue weighted by Gasteiger charge is -2.47. The number of barbiturate groups is 1. The SMILES string of the molecule is CN(C)C[C@]1(c2ccccc2)C(=O)N(C)C(=O)N(C2CCCCC2)C1=O. The Balaban J connectivity index is 2.12. The molecule has 6 nitrogen and oxygen atoms in total. The third kappa shape index (κ3) is 2.92. The van der Waals surface area contributed by atoms with Gasteiger partial charge >= 0.3 is 6.03 Å². The molecule has 140 valence electrons. The van der Waals surface area contributed by atoms with Crippen molar-refractivity contribution in [3.63, 3.8) is 0 Å². The summed E-state index contributed by atoms with van der Waals surface area (Å²) in [7, 11) is 5.17. The summed E-state index contributed by atoms with van der Waals surface area (Å²) in [5.74, 6) is -0.822. The molecule has 1 saturated heterocycles. The van der Waals surface area contributed by atoms with E-state index in [1.165, 1.54) is 11.9 Å². The van der Waals surface area contributed by atoms with Gasteiger partial charge in [-0.2, -0.15) is 0 Å². The van der Waals surface area contributed by atoms with Gasteiger partial charge in [-0.15, -0.1) is 0 Å². The number of imide groups is 2. The van der Waals surface area contributed by atoms with Crippen LogP contribution in [-0.4, -0.2) is 66.3 Å². The number of likely N-dealkylation sites (N-methyl/N-ethyl adjacent to an activating group) is 2. The van der Waals surface area contributed by atoms with Crippen LogP contribution < -0.4 is 0 Å². The van der Waals surface area contributed by atoms with Crippen LogP contribution in [0.2, 0.25) is 0 Å². The van der Waals surface area contributed by atoms with Crippen LogP contribution in [0, 0.1) is 0 Å². The van der Waals surface area contributed by atoms with Gasteiger partial charge in [-0.3, -0.25) is 19.4 Å². The van der Waals surface area contributed by atoms with Crippen molar-refractivity contribution in [1.82, 2.24) is 14.7 Å². The number of carbonyl (C=O) groups is 3. The molecular formula is C20H27N3O3. The lowest BCUT2D eigenvalue weighted by atomic mass is 9.75. The largest absolute Gasteiger partial charge is 0.333 e. The van der Waals surface area contributed by atoms with Gasteiger partial charge in [0.15, 0.2) is 5.41 Å². The van der Waals surface area contributed by atoms with E-state index in [0.717, 1.165) is 37.0 Å². The van der Waals surface area contributed by atoms with Gasteiger partial charge in [-0.25, -0.2) is 4.79 Å². The predicted octanol–water partition coefficient (Wildman–Crippen LogP) is 2.24. The molecule has 0 bridgehead atoms. The second kappa shape index (κ2) is 7.19. The minimum atomic E-state index is -1.38. The van der Waals surface area contributed by atoms with E-state index >= 15 is 0 Å². The molecule has 1 saturated carbocycles. The van der Waals surface area contributed by atoms with Gasteiger partial charge in [0.1, 0.15) is 0 Å². The number of nitrogens with zero attached hydrogens (tertiary/aromatic N) is 3. The zero-order valence-electron chi connectivity index (χ0n) is 15.8. The van der Waals surface area contributed by atoms with Crippen LogP contribution in [0.4, 0.5) is 4.79 Å². The monoisotopic (exact) mass is 357 g/mol. The van der Waals surface area contributed by atoms with Crippen LogP contribution in [0.25, 0.3) is 0 Å². The molecule has 1 aromatic carbocycles. The van der Waals surface area contributed by atoms with Crippen molar-refractivity contribution in [2.24, 2.45) is 0 Å². The maximum absolute atomic E-state index is 13.7. The number of hydrogen-bond acceptors (Lipinski definition) is 4. The topological polar surface area (TPSA) is 60.9 Å². The first kappa shape index (κ1) is 18.6. The molecule has 0 spiro atoms. The van der Waals surface area contributed by atoms with Gasteiger partial charge in [0, 0.05) is 19.6 Å². The van der Waals surface area contributed by atoms with Gasteiger partial charge in [-0.05, 0) is 32.5 Å². The molecular weight excluding hydrogens is 330 g/mol. The minimum absolute atomic E-state index is 0.121. The number of benzene rings is 1. The average molecular weight is 357 g/mol. The van der Waals surface area contributed by atoms with Crippen LogP contribution in [0.1, 0.15) is 37.7 Å². The second-order valence-corrected chi connectivity index (χ2v) is 7.62. The minimum Gasteiger partial charge on any atom is -0.307 e. The van der Waals surface area contributed by atoms with Crippen molar-refractivity contribution in [1.29, 1.82) is 0 Å². The normalized spacial score (nSPS) is 25.3. The zero-order chi connectivity index (χ0) is 18.9. The number of urea groups is 1. The van der Waals surface area contributed by atoms with Crippen molar-refractivity contribution in [3.05, 3.63) is 35.9 Å². The molecule has 1 heterocycles. The van der Waals surface area contributed by atoms with E-state index < -0.39 is 17.4 Å². The summed E-state index contributed by atoms with van der Waals surface area (Å²) >= 11 is 0. The van der Waals surface area contributed by atoms with Crippen LogP contribution >= 0.6 is 0 Å². The summed E-state index contributed by atoms with van der Waals surface area (Å²) in [6, 6.07) is 8.52. The van der Waals surface area contributed by atoms with Crippen molar-refractivity contribution < 1.29 is 14.4 Å². The predicted molar refractivity (Wildman–Crippen MR) is 98.6 cm³/mol. The molecule has 0 N–H and O–H groups in total. The maximum Gasteiger partial charge on any atom is 0.333 e. The number of rotatable bonds is 4. The first-order valence-corrected chi connectivity index (χ1v) is 9.25. The maximum atomic E-state index is 13.7. The Hall–Kier alpha value is -2.21. The third-order valence-electron chi connectivity index (χ3n) is 5.51. The second-order valence-electron chi connectivity index (χ2n) is 7.62. The molecule has 1 aromatic rings. The Morgan fingerprint density at radius 3 is 2.19 bits per heavy atom. The van der Waals surface area contributed by atoms with E-state index in [2.05, 4.69) is 0 Å². The molecule has 1 aliphatic carbocycles. The van der Waals surface area contributed by atoms with Gasteiger partial charge < -0.3 is 4.90 Å². The molecule has 2 fully saturated rings. The Morgan fingerprint density at radius 1 is 1.00 bits per heavy atom. The van der Waals surface area contributed by atoms with Crippen molar-refractivity contribution in [3.8, 4) is 0 Å². The van der Waals surface area contributed by atoms with E-state index in [1.54, 1.807) is 0 Å². The Kier molecular flexibility index (Phi) is 5.14. The first-order valence-electron chi connectivity index (χ1n) is 9.25. The summed E-state index contributed by atoms with van der Waals surface area (Å²) in [4.78, 5) is 44.1. The fraction of sp³-hybridized carbons (Fsp3) is 0.550. The first-order chi connectivity index (χ1) is 12.4. The number of hydrogen-bond donors (Lipinski definition) is 0. The van der Waals surface area contributed by atoms with Crippen LogP contribution in [-0.2, 0) is 15.0 Å². The lowest BCUT2D eigenvalue weighted by molar-refractivity contribution is -0.154. The van der Waals surface area contributed by atoms with E-state index in [0.29, 0.717) is 5.56 Å². The smallest absolute Gasteiger partial charge is 0.307 e. The molecule has 4 amide bonds. The Labute approximate surface area is 154 Å². The average Bonchev–Trinajstić information content (AvgIpc) is 2.65. The molecule has 0 radical (unpaired) electrons. The highest BCUT2D eigenvalue weighted by Crippen LogP contribution is 2.37. The Morgan fingerprint density at radius 2 is 1.62 bits per heavy atom. The summed E-state index contributed by atoms with van der Waals surface area (Å²) < 4.78 is 0. The standard InChI is InChI=1S/C20H27N3O3/c1-21(2)14-20(15-10-6-4-7-11-15)17(24)22(3)19(26)23(18(20)25)16-12-8-5-9-13-16/h4,6-7,10-11,16H,5,8-9,12-14H2,1-3H3/t20-/m0/s1. The number of carbonyl (C=O) groups excluding carboxylic acids is 3. The molecule has 1 atom stereocenters. The Bertz CT molecular complexity index is 698.